The summed E-state index contributed by atoms with van der Waals surface area (Å²) in [4.78, 5) is 25.2. The Bertz CT molecular complexity index is 481. The molecular weight excluding hydrogens is 242 g/mol. The van der Waals surface area contributed by atoms with Gasteiger partial charge in [-0.1, -0.05) is 32.0 Å². The predicted octanol–water partition coefficient (Wildman–Crippen LogP) is 2.38. The molecule has 0 aliphatic carbocycles. The van der Waals surface area contributed by atoms with Crippen molar-refractivity contribution in [1.82, 2.24) is 0 Å². The Hall–Kier alpha value is -1.84. The summed E-state index contributed by atoms with van der Waals surface area (Å²) >= 11 is 0. The van der Waals surface area contributed by atoms with Crippen LogP contribution in [0.1, 0.15) is 27.2 Å². The first-order chi connectivity index (χ1) is 8.92. The van der Waals surface area contributed by atoms with E-state index in [4.69, 9.17) is 4.74 Å². The lowest BCUT2D eigenvalue weighted by Gasteiger charge is -2.24. The zero-order valence-corrected chi connectivity index (χ0v) is 11.6. The van der Waals surface area contributed by atoms with Crippen molar-refractivity contribution in [3.63, 3.8) is 0 Å². The van der Waals surface area contributed by atoms with Gasteiger partial charge in [0.1, 0.15) is 6.61 Å². The molecule has 102 valence electrons. The van der Waals surface area contributed by atoms with Gasteiger partial charge in [0.2, 0.25) is 5.91 Å². The number of benzene rings is 1. The normalized spacial score (nSPS) is 21.5. The first-order valence-corrected chi connectivity index (χ1v) is 6.44. The highest BCUT2D eigenvalue weighted by Gasteiger charge is 2.46. The van der Waals surface area contributed by atoms with E-state index in [0.717, 1.165) is 5.69 Å². The van der Waals surface area contributed by atoms with Crippen LogP contribution in [0.15, 0.2) is 30.3 Å². The van der Waals surface area contributed by atoms with E-state index in [1.807, 2.05) is 44.2 Å². The Labute approximate surface area is 113 Å². The molecule has 0 N–H and O–H groups in total. The number of esters is 1. The Morgan fingerprint density at radius 3 is 2.58 bits per heavy atom. The molecule has 1 saturated heterocycles. The van der Waals surface area contributed by atoms with Crippen molar-refractivity contribution in [3.05, 3.63) is 30.3 Å². The molecule has 1 atom stereocenters. The third kappa shape index (κ3) is 2.78. The van der Waals surface area contributed by atoms with Crippen LogP contribution in [0, 0.1) is 5.41 Å². The largest absolute Gasteiger partial charge is 0.464 e. The number of hydrogen-bond acceptors (Lipinski definition) is 3. The summed E-state index contributed by atoms with van der Waals surface area (Å²) in [6, 6.07) is 9.43. The maximum atomic E-state index is 12.5. The fourth-order valence-electron chi connectivity index (χ4n) is 2.52. The standard InChI is InChI=1S/C15H19NO3/c1-11(17)19-10-13-9-15(2,3)14(18)16(13)12-7-5-4-6-8-12/h4-8,13H,9-10H2,1-3H3. The topological polar surface area (TPSA) is 46.6 Å². The Balaban J connectivity index is 2.25. The van der Waals surface area contributed by atoms with Gasteiger partial charge in [-0.25, -0.2) is 0 Å². The highest BCUT2D eigenvalue weighted by Crippen LogP contribution is 2.38. The fourth-order valence-corrected chi connectivity index (χ4v) is 2.52. The van der Waals surface area contributed by atoms with Gasteiger partial charge >= 0.3 is 5.97 Å². The number of hydrogen-bond donors (Lipinski definition) is 0. The number of para-hydroxylation sites is 1. The summed E-state index contributed by atoms with van der Waals surface area (Å²) in [6.45, 7) is 5.49. The van der Waals surface area contributed by atoms with Gasteiger partial charge in [-0.05, 0) is 18.6 Å². The monoisotopic (exact) mass is 261 g/mol. The molecule has 1 unspecified atom stereocenters. The SMILES string of the molecule is CC(=O)OCC1CC(C)(C)C(=O)N1c1ccccc1. The number of amides is 1. The van der Waals surface area contributed by atoms with Gasteiger partial charge in [0.25, 0.3) is 0 Å². The second-order valence-corrected chi connectivity index (χ2v) is 5.56. The van der Waals surface area contributed by atoms with Crippen molar-refractivity contribution >= 4 is 17.6 Å². The quantitative estimate of drug-likeness (QED) is 0.785. The highest BCUT2D eigenvalue weighted by molar-refractivity contribution is 6.00. The molecule has 1 heterocycles. The van der Waals surface area contributed by atoms with E-state index in [0.29, 0.717) is 6.42 Å². The number of ether oxygens (including phenoxy) is 1. The second-order valence-electron chi connectivity index (χ2n) is 5.56. The molecule has 1 amide bonds. The number of nitrogens with zero attached hydrogens (tertiary/aromatic N) is 1. The van der Waals surface area contributed by atoms with Crippen LogP contribution in [0.3, 0.4) is 0 Å². The number of carbonyl (C=O) groups is 2. The van der Waals surface area contributed by atoms with Crippen LogP contribution in [0.4, 0.5) is 5.69 Å². The summed E-state index contributed by atoms with van der Waals surface area (Å²) in [7, 11) is 0. The minimum atomic E-state index is -0.416. The lowest BCUT2D eigenvalue weighted by atomic mass is 9.90. The van der Waals surface area contributed by atoms with Crippen molar-refractivity contribution < 1.29 is 14.3 Å². The molecule has 1 fully saturated rings. The molecule has 4 heteroatoms. The zero-order chi connectivity index (χ0) is 14.0. The van der Waals surface area contributed by atoms with E-state index in [1.165, 1.54) is 6.92 Å². The maximum Gasteiger partial charge on any atom is 0.302 e. The number of carbonyl (C=O) groups excluding carboxylic acids is 2. The Morgan fingerprint density at radius 1 is 1.37 bits per heavy atom. The van der Waals surface area contributed by atoms with Crippen molar-refractivity contribution in [2.24, 2.45) is 5.41 Å². The molecule has 1 aromatic rings. The average molecular weight is 261 g/mol. The highest BCUT2D eigenvalue weighted by atomic mass is 16.5. The molecule has 4 nitrogen and oxygen atoms in total. The summed E-state index contributed by atoms with van der Waals surface area (Å²) in [6.07, 6.45) is 0.688. The lowest BCUT2D eigenvalue weighted by molar-refractivity contribution is -0.141. The minimum Gasteiger partial charge on any atom is -0.464 e. The smallest absolute Gasteiger partial charge is 0.302 e. The first-order valence-electron chi connectivity index (χ1n) is 6.44. The third-order valence-electron chi connectivity index (χ3n) is 3.42. The molecule has 1 aliphatic rings. The van der Waals surface area contributed by atoms with Gasteiger partial charge in [0.15, 0.2) is 0 Å². The summed E-state index contributed by atoms with van der Waals surface area (Å²) in [5.74, 6) is -0.235. The fraction of sp³-hybridized carbons (Fsp3) is 0.467. The molecule has 0 aromatic heterocycles. The lowest BCUT2D eigenvalue weighted by Crippen LogP contribution is -2.37. The van der Waals surface area contributed by atoms with Gasteiger partial charge in [-0.15, -0.1) is 0 Å². The van der Waals surface area contributed by atoms with Crippen LogP contribution in [0.2, 0.25) is 0 Å². The minimum absolute atomic E-state index is 0.0795. The van der Waals surface area contributed by atoms with Gasteiger partial charge in [-0.2, -0.15) is 0 Å². The van der Waals surface area contributed by atoms with E-state index >= 15 is 0 Å². The van der Waals surface area contributed by atoms with Gasteiger partial charge in [-0.3, -0.25) is 9.59 Å². The molecule has 19 heavy (non-hydrogen) atoms. The summed E-state index contributed by atoms with van der Waals surface area (Å²) < 4.78 is 5.09. The van der Waals surface area contributed by atoms with Crippen LogP contribution in [0.25, 0.3) is 0 Å². The number of anilines is 1. The molecule has 0 bridgehead atoms. The molecule has 1 aromatic carbocycles. The number of rotatable bonds is 3. The predicted molar refractivity (Wildman–Crippen MR) is 72.7 cm³/mol. The van der Waals surface area contributed by atoms with E-state index in [-0.39, 0.29) is 24.5 Å². The summed E-state index contributed by atoms with van der Waals surface area (Å²) in [5.41, 5.74) is 0.441. The van der Waals surface area contributed by atoms with E-state index in [9.17, 15) is 9.59 Å². The molecule has 1 aliphatic heterocycles. The van der Waals surface area contributed by atoms with Gasteiger partial charge in [0, 0.05) is 18.0 Å². The molecule has 0 radical (unpaired) electrons. The van der Waals surface area contributed by atoms with E-state index in [1.54, 1.807) is 4.90 Å². The summed E-state index contributed by atoms with van der Waals surface area (Å²) in [5, 5.41) is 0. The van der Waals surface area contributed by atoms with Crippen molar-refractivity contribution in [2.45, 2.75) is 33.2 Å². The average Bonchev–Trinajstić information content (AvgIpc) is 2.59. The van der Waals surface area contributed by atoms with Gasteiger partial charge < -0.3 is 9.64 Å². The maximum absolute atomic E-state index is 12.5. The molecular formula is C15H19NO3. The van der Waals surface area contributed by atoms with Crippen LogP contribution in [0.5, 0.6) is 0 Å². The van der Waals surface area contributed by atoms with Crippen molar-refractivity contribution in [1.29, 1.82) is 0 Å². The molecule has 2 rings (SSSR count). The van der Waals surface area contributed by atoms with Crippen LogP contribution in [-0.4, -0.2) is 24.5 Å². The first kappa shape index (κ1) is 13.6. The van der Waals surface area contributed by atoms with Crippen LogP contribution >= 0.6 is 0 Å². The van der Waals surface area contributed by atoms with Crippen molar-refractivity contribution in [3.8, 4) is 0 Å². The van der Waals surface area contributed by atoms with Crippen LogP contribution < -0.4 is 4.90 Å². The zero-order valence-electron chi connectivity index (χ0n) is 11.6. The van der Waals surface area contributed by atoms with E-state index in [2.05, 4.69) is 0 Å². The van der Waals surface area contributed by atoms with Crippen molar-refractivity contribution in [2.75, 3.05) is 11.5 Å². The van der Waals surface area contributed by atoms with Gasteiger partial charge in [0.05, 0.1) is 6.04 Å². The Morgan fingerprint density at radius 2 is 2.00 bits per heavy atom. The third-order valence-corrected chi connectivity index (χ3v) is 3.42. The molecule has 0 spiro atoms. The second kappa shape index (κ2) is 5.03. The Kier molecular flexibility index (Phi) is 3.60. The molecule has 0 saturated carbocycles. The van der Waals surface area contributed by atoms with Crippen LogP contribution in [-0.2, 0) is 14.3 Å². The van der Waals surface area contributed by atoms with E-state index < -0.39 is 5.41 Å².